The molecule has 6 nitrogen and oxygen atoms in total. The van der Waals surface area contributed by atoms with Crippen molar-refractivity contribution < 1.29 is 13.2 Å². The Hall–Kier alpha value is -2.38. The third-order valence-corrected chi connectivity index (χ3v) is 6.65. The van der Waals surface area contributed by atoms with Crippen molar-refractivity contribution in [1.82, 2.24) is 10.2 Å². The number of para-hydroxylation sites is 1. The van der Waals surface area contributed by atoms with Crippen molar-refractivity contribution in [3.63, 3.8) is 0 Å². The lowest BCUT2D eigenvalue weighted by Crippen LogP contribution is -2.47. The van der Waals surface area contributed by atoms with Gasteiger partial charge in [-0.25, -0.2) is 8.42 Å². The van der Waals surface area contributed by atoms with Crippen molar-refractivity contribution in [2.75, 3.05) is 23.7 Å². The SMILES string of the molecule is C[C@H](C(=O)NCc1cccc(CN2CCCCC2)c1)N(c1ccccc1)S(C)(=O)=O. The Morgan fingerprint density at radius 1 is 1.03 bits per heavy atom. The van der Waals surface area contributed by atoms with Crippen LogP contribution in [0.1, 0.15) is 37.3 Å². The molecule has 7 heteroatoms. The van der Waals surface area contributed by atoms with Gasteiger partial charge in [-0.3, -0.25) is 14.0 Å². The van der Waals surface area contributed by atoms with Gasteiger partial charge in [-0.15, -0.1) is 0 Å². The maximum Gasteiger partial charge on any atom is 0.243 e. The molecule has 1 aliphatic rings. The number of hydrogen-bond donors (Lipinski definition) is 1. The van der Waals surface area contributed by atoms with Gasteiger partial charge >= 0.3 is 0 Å². The minimum atomic E-state index is -3.60. The normalized spacial score (nSPS) is 16.1. The molecule has 0 saturated carbocycles. The van der Waals surface area contributed by atoms with E-state index in [4.69, 9.17) is 0 Å². The highest BCUT2D eigenvalue weighted by atomic mass is 32.2. The Balaban J connectivity index is 1.63. The maximum atomic E-state index is 12.8. The van der Waals surface area contributed by atoms with Crippen LogP contribution in [-0.4, -0.2) is 44.6 Å². The van der Waals surface area contributed by atoms with E-state index in [1.165, 1.54) is 24.8 Å². The van der Waals surface area contributed by atoms with Crippen molar-refractivity contribution in [3.05, 3.63) is 65.7 Å². The molecular weight excluding hydrogens is 398 g/mol. The number of nitrogens with zero attached hydrogens (tertiary/aromatic N) is 2. The second kappa shape index (κ2) is 10.1. The molecule has 0 radical (unpaired) electrons. The Kier molecular flexibility index (Phi) is 7.50. The van der Waals surface area contributed by atoms with Gasteiger partial charge in [0.1, 0.15) is 6.04 Å². The number of sulfonamides is 1. The van der Waals surface area contributed by atoms with Crippen LogP contribution >= 0.6 is 0 Å². The van der Waals surface area contributed by atoms with Crippen LogP contribution in [0.15, 0.2) is 54.6 Å². The molecule has 0 bridgehead atoms. The molecule has 0 aliphatic carbocycles. The van der Waals surface area contributed by atoms with E-state index in [0.717, 1.165) is 35.8 Å². The summed E-state index contributed by atoms with van der Waals surface area (Å²) in [6, 6.07) is 16.1. The molecule has 30 heavy (non-hydrogen) atoms. The molecule has 0 spiro atoms. The molecule has 1 N–H and O–H groups in total. The van der Waals surface area contributed by atoms with Gasteiger partial charge in [0.15, 0.2) is 0 Å². The van der Waals surface area contributed by atoms with Crippen LogP contribution in [0.4, 0.5) is 5.69 Å². The maximum absolute atomic E-state index is 12.8. The number of benzene rings is 2. The van der Waals surface area contributed by atoms with E-state index >= 15 is 0 Å². The molecule has 1 amide bonds. The predicted molar refractivity (Wildman–Crippen MR) is 121 cm³/mol. The van der Waals surface area contributed by atoms with E-state index in [0.29, 0.717) is 12.2 Å². The summed E-state index contributed by atoms with van der Waals surface area (Å²) in [4.78, 5) is 15.2. The number of anilines is 1. The molecule has 1 atom stereocenters. The van der Waals surface area contributed by atoms with Crippen molar-refractivity contribution in [1.29, 1.82) is 0 Å². The monoisotopic (exact) mass is 429 g/mol. The minimum absolute atomic E-state index is 0.328. The third-order valence-electron chi connectivity index (χ3n) is 5.41. The average Bonchev–Trinajstić information content (AvgIpc) is 2.73. The van der Waals surface area contributed by atoms with E-state index in [-0.39, 0.29) is 5.91 Å². The minimum Gasteiger partial charge on any atom is -0.350 e. The summed E-state index contributed by atoms with van der Waals surface area (Å²) in [5.41, 5.74) is 2.72. The van der Waals surface area contributed by atoms with Crippen LogP contribution in [0.3, 0.4) is 0 Å². The second-order valence-electron chi connectivity index (χ2n) is 7.94. The number of carbonyl (C=O) groups is 1. The first kappa shape index (κ1) is 22.3. The van der Waals surface area contributed by atoms with Crippen LogP contribution in [-0.2, 0) is 27.9 Å². The molecular formula is C23H31N3O3S. The number of carbonyl (C=O) groups excluding carboxylic acids is 1. The molecule has 1 fully saturated rings. The summed E-state index contributed by atoms with van der Waals surface area (Å²) < 4.78 is 25.8. The molecule has 3 rings (SSSR count). The average molecular weight is 430 g/mol. The van der Waals surface area contributed by atoms with E-state index in [9.17, 15) is 13.2 Å². The lowest BCUT2D eigenvalue weighted by atomic mass is 10.1. The lowest BCUT2D eigenvalue weighted by molar-refractivity contribution is -0.122. The van der Waals surface area contributed by atoms with Gasteiger partial charge in [-0.05, 0) is 56.1 Å². The molecule has 2 aromatic rings. The highest BCUT2D eigenvalue weighted by molar-refractivity contribution is 7.92. The zero-order valence-corrected chi connectivity index (χ0v) is 18.6. The topological polar surface area (TPSA) is 69.7 Å². The van der Waals surface area contributed by atoms with Crippen LogP contribution in [0, 0.1) is 0 Å². The van der Waals surface area contributed by atoms with Crippen LogP contribution in [0.5, 0.6) is 0 Å². The van der Waals surface area contributed by atoms with Gasteiger partial charge in [-0.2, -0.15) is 0 Å². The quantitative estimate of drug-likeness (QED) is 0.700. The van der Waals surface area contributed by atoms with E-state index in [2.05, 4.69) is 22.3 Å². The molecule has 1 aliphatic heterocycles. The van der Waals surface area contributed by atoms with E-state index < -0.39 is 16.1 Å². The molecule has 1 saturated heterocycles. The Bertz CT molecular complexity index is 941. The van der Waals surface area contributed by atoms with Crippen molar-refractivity contribution >= 4 is 21.6 Å². The summed E-state index contributed by atoms with van der Waals surface area (Å²) in [6.07, 6.45) is 4.94. The van der Waals surface area contributed by atoms with Crippen molar-refractivity contribution in [3.8, 4) is 0 Å². The van der Waals surface area contributed by atoms with Crippen LogP contribution in [0.25, 0.3) is 0 Å². The Morgan fingerprint density at radius 2 is 1.70 bits per heavy atom. The summed E-state index contributed by atoms with van der Waals surface area (Å²) in [7, 11) is -3.60. The van der Waals surface area contributed by atoms with Gasteiger partial charge in [0.05, 0.1) is 11.9 Å². The summed E-state index contributed by atoms with van der Waals surface area (Å²) in [5, 5.41) is 2.89. The first-order valence-corrected chi connectivity index (χ1v) is 12.3. The fraction of sp³-hybridized carbons (Fsp3) is 0.435. The van der Waals surface area contributed by atoms with Crippen molar-refractivity contribution in [2.45, 2.75) is 45.3 Å². The standard InChI is InChI=1S/C23H31N3O3S/c1-19(26(30(2,28)29)22-12-5-3-6-13-22)23(27)24-17-20-10-9-11-21(16-20)18-25-14-7-4-8-15-25/h3,5-6,9-13,16,19H,4,7-8,14-15,17-18H2,1-2H3,(H,24,27)/t19-/m1/s1. The third kappa shape index (κ3) is 6.06. The Labute approximate surface area is 179 Å². The fourth-order valence-corrected chi connectivity index (χ4v) is 5.11. The number of piperidine rings is 1. The first-order valence-electron chi connectivity index (χ1n) is 10.5. The van der Waals surface area contributed by atoms with Gasteiger partial charge in [0, 0.05) is 13.1 Å². The summed E-state index contributed by atoms with van der Waals surface area (Å²) >= 11 is 0. The number of amides is 1. The van der Waals surface area contributed by atoms with Gasteiger partial charge < -0.3 is 5.32 Å². The van der Waals surface area contributed by atoms with Crippen molar-refractivity contribution in [2.24, 2.45) is 0 Å². The zero-order chi connectivity index (χ0) is 21.6. The lowest BCUT2D eigenvalue weighted by Gasteiger charge is -2.28. The number of nitrogens with one attached hydrogen (secondary N) is 1. The highest BCUT2D eigenvalue weighted by Crippen LogP contribution is 2.20. The van der Waals surface area contributed by atoms with E-state index in [1.807, 2.05) is 18.2 Å². The number of rotatable bonds is 8. The molecule has 1 heterocycles. The van der Waals surface area contributed by atoms with Gasteiger partial charge in [-0.1, -0.05) is 48.9 Å². The second-order valence-corrected chi connectivity index (χ2v) is 9.80. The summed E-state index contributed by atoms with van der Waals surface area (Å²) in [5.74, 6) is -0.328. The number of hydrogen-bond acceptors (Lipinski definition) is 4. The number of likely N-dealkylation sites (tertiary alicyclic amines) is 1. The molecule has 162 valence electrons. The molecule has 0 unspecified atom stereocenters. The predicted octanol–water partition coefficient (Wildman–Crippen LogP) is 3.14. The Morgan fingerprint density at radius 3 is 2.37 bits per heavy atom. The molecule has 0 aromatic heterocycles. The van der Waals surface area contributed by atoms with Crippen LogP contribution in [0.2, 0.25) is 0 Å². The summed E-state index contributed by atoms with van der Waals surface area (Å²) in [6.45, 7) is 5.17. The van der Waals surface area contributed by atoms with E-state index in [1.54, 1.807) is 31.2 Å². The zero-order valence-electron chi connectivity index (χ0n) is 17.8. The molecule has 2 aromatic carbocycles. The van der Waals surface area contributed by atoms with Gasteiger partial charge in [0.25, 0.3) is 0 Å². The fourth-order valence-electron chi connectivity index (χ4n) is 3.93. The smallest absolute Gasteiger partial charge is 0.243 e. The highest BCUT2D eigenvalue weighted by Gasteiger charge is 2.28. The van der Waals surface area contributed by atoms with Crippen LogP contribution < -0.4 is 9.62 Å². The largest absolute Gasteiger partial charge is 0.350 e. The van der Waals surface area contributed by atoms with Gasteiger partial charge in [0.2, 0.25) is 15.9 Å². The first-order chi connectivity index (χ1) is 14.3.